The quantitative estimate of drug-likeness (QED) is 0.515. The molecule has 0 radical (unpaired) electrons. The molecule has 0 bridgehead atoms. The number of H-pyrrole nitrogens is 1. The molecule has 2 aromatic carbocycles. The lowest BCUT2D eigenvalue weighted by Crippen LogP contribution is -2.43. The summed E-state index contributed by atoms with van der Waals surface area (Å²) in [5.74, 6) is 0.0512. The number of nitrogens with one attached hydrogen (secondary N) is 2. The number of aromatic nitrogens is 3. The number of hydrogen-bond acceptors (Lipinski definition) is 4. The van der Waals surface area contributed by atoms with E-state index in [0.29, 0.717) is 24.5 Å². The van der Waals surface area contributed by atoms with Crippen molar-refractivity contribution in [2.45, 2.75) is 12.8 Å². The Bertz CT molecular complexity index is 1260. The fraction of sp³-hybridized carbons (Fsp3) is 0.200. The lowest BCUT2D eigenvalue weighted by Gasteiger charge is -2.32. The van der Waals surface area contributed by atoms with Crippen molar-refractivity contribution >= 4 is 28.4 Å². The Kier molecular flexibility index (Phi) is 5.37. The first kappa shape index (κ1) is 19.9. The monoisotopic (exact) mass is 425 g/mol. The number of amides is 2. The maximum Gasteiger partial charge on any atom is 0.254 e. The standard InChI is InChI=1S/C25H23N5O2/c31-24(27-23-15-22(28-29-23)18-10-12-26-13-11-18)19-7-4-14-30(16-19)25(32)21-9-3-6-17-5-1-2-8-20(17)21/h1-3,5-6,8-13,15,19H,4,7,14,16H2,(H2,27,28,29,31)/t19-/m0/s1. The molecule has 1 saturated heterocycles. The Morgan fingerprint density at radius 1 is 1.03 bits per heavy atom. The van der Waals surface area contributed by atoms with Gasteiger partial charge in [-0.05, 0) is 41.8 Å². The molecule has 32 heavy (non-hydrogen) atoms. The first-order valence-corrected chi connectivity index (χ1v) is 10.7. The highest BCUT2D eigenvalue weighted by Crippen LogP contribution is 2.25. The molecule has 5 rings (SSSR count). The van der Waals surface area contributed by atoms with Gasteiger partial charge in [0.05, 0.1) is 11.6 Å². The number of benzene rings is 2. The van der Waals surface area contributed by atoms with E-state index in [1.54, 1.807) is 23.4 Å². The van der Waals surface area contributed by atoms with Gasteiger partial charge in [0.25, 0.3) is 5.91 Å². The Hall–Kier alpha value is -4.00. The van der Waals surface area contributed by atoms with Crippen LogP contribution >= 0.6 is 0 Å². The lowest BCUT2D eigenvalue weighted by atomic mass is 9.95. The third-order valence-corrected chi connectivity index (χ3v) is 5.92. The first-order chi connectivity index (χ1) is 15.7. The van der Waals surface area contributed by atoms with Crippen LogP contribution in [0.5, 0.6) is 0 Å². The molecular weight excluding hydrogens is 402 g/mol. The van der Waals surface area contributed by atoms with Gasteiger partial charge < -0.3 is 10.2 Å². The molecule has 4 aromatic rings. The summed E-state index contributed by atoms with van der Waals surface area (Å²) in [5.41, 5.74) is 2.43. The van der Waals surface area contributed by atoms with Gasteiger partial charge in [0.15, 0.2) is 5.82 Å². The van der Waals surface area contributed by atoms with Crippen LogP contribution in [0.3, 0.4) is 0 Å². The van der Waals surface area contributed by atoms with E-state index in [9.17, 15) is 9.59 Å². The molecule has 2 amide bonds. The molecule has 7 nitrogen and oxygen atoms in total. The van der Waals surface area contributed by atoms with Crippen LogP contribution in [0.1, 0.15) is 23.2 Å². The van der Waals surface area contributed by atoms with Gasteiger partial charge in [-0.15, -0.1) is 0 Å². The number of pyridine rings is 1. The molecule has 160 valence electrons. The van der Waals surface area contributed by atoms with Gasteiger partial charge in [-0.1, -0.05) is 36.4 Å². The zero-order valence-electron chi connectivity index (χ0n) is 17.5. The number of fused-ring (bicyclic) bond motifs is 1. The van der Waals surface area contributed by atoms with Crippen LogP contribution < -0.4 is 5.32 Å². The van der Waals surface area contributed by atoms with Crippen molar-refractivity contribution in [3.63, 3.8) is 0 Å². The molecule has 7 heteroatoms. The molecule has 3 heterocycles. The van der Waals surface area contributed by atoms with E-state index in [1.165, 1.54) is 0 Å². The number of piperidine rings is 1. The minimum Gasteiger partial charge on any atom is -0.338 e. The Morgan fingerprint density at radius 3 is 2.72 bits per heavy atom. The van der Waals surface area contributed by atoms with Crippen LogP contribution in [0.15, 0.2) is 73.1 Å². The Balaban J connectivity index is 1.28. The van der Waals surface area contributed by atoms with Crippen molar-refractivity contribution in [3.8, 4) is 11.3 Å². The first-order valence-electron chi connectivity index (χ1n) is 10.7. The fourth-order valence-corrected chi connectivity index (χ4v) is 4.25. The molecule has 2 aromatic heterocycles. The van der Waals surface area contributed by atoms with Gasteiger partial charge in [-0.3, -0.25) is 19.7 Å². The zero-order valence-corrected chi connectivity index (χ0v) is 17.5. The number of hydrogen-bond donors (Lipinski definition) is 2. The summed E-state index contributed by atoms with van der Waals surface area (Å²) in [5, 5.41) is 12.0. The summed E-state index contributed by atoms with van der Waals surface area (Å²) in [6.07, 6.45) is 4.94. The number of aromatic amines is 1. The van der Waals surface area contributed by atoms with Gasteiger partial charge in [0.2, 0.25) is 5.91 Å². The molecule has 1 aliphatic rings. The SMILES string of the molecule is O=C(Nc1cc(-c2ccncc2)[nH]n1)[C@H]1CCCN(C(=O)c2cccc3ccccc23)C1. The second kappa shape index (κ2) is 8.63. The topological polar surface area (TPSA) is 91.0 Å². The van der Waals surface area contributed by atoms with Crippen LogP contribution in [0.4, 0.5) is 5.82 Å². The minimum absolute atomic E-state index is 0.0287. The van der Waals surface area contributed by atoms with E-state index in [2.05, 4.69) is 20.5 Å². The molecule has 2 N–H and O–H groups in total. The van der Waals surface area contributed by atoms with E-state index in [4.69, 9.17) is 0 Å². The van der Waals surface area contributed by atoms with Crippen molar-refractivity contribution in [2.75, 3.05) is 18.4 Å². The maximum atomic E-state index is 13.3. The summed E-state index contributed by atoms with van der Waals surface area (Å²) in [4.78, 5) is 32.0. The highest BCUT2D eigenvalue weighted by atomic mass is 16.2. The Morgan fingerprint density at radius 2 is 1.84 bits per heavy atom. The second-order valence-electron chi connectivity index (χ2n) is 8.01. The van der Waals surface area contributed by atoms with Crippen LogP contribution in [0.25, 0.3) is 22.0 Å². The smallest absolute Gasteiger partial charge is 0.254 e. The van der Waals surface area contributed by atoms with E-state index in [1.807, 2.05) is 54.6 Å². The van der Waals surface area contributed by atoms with Gasteiger partial charge in [-0.25, -0.2) is 0 Å². The number of carbonyl (C=O) groups excluding carboxylic acids is 2. The van der Waals surface area contributed by atoms with E-state index in [0.717, 1.165) is 34.9 Å². The van der Waals surface area contributed by atoms with Crippen molar-refractivity contribution in [3.05, 3.63) is 78.6 Å². The highest BCUT2D eigenvalue weighted by molar-refractivity contribution is 6.07. The molecule has 0 unspecified atom stereocenters. The van der Waals surface area contributed by atoms with Crippen LogP contribution in [0.2, 0.25) is 0 Å². The number of likely N-dealkylation sites (tertiary alicyclic amines) is 1. The van der Waals surface area contributed by atoms with Crippen LogP contribution in [0, 0.1) is 5.92 Å². The van der Waals surface area contributed by atoms with Gasteiger partial charge >= 0.3 is 0 Å². The predicted molar refractivity (Wildman–Crippen MR) is 123 cm³/mol. The maximum absolute atomic E-state index is 13.3. The van der Waals surface area contributed by atoms with Crippen molar-refractivity contribution in [2.24, 2.45) is 5.92 Å². The summed E-state index contributed by atoms with van der Waals surface area (Å²) >= 11 is 0. The Labute approximate surface area is 185 Å². The molecule has 0 spiro atoms. The number of rotatable bonds is 4. The normalized spacial score (nSPS) is 16.1. The second-order valence-corrected chi connectivity index (χ2v) is 8.01. The van der Waals surface area contributed by atoms with E-state index < -0.39 is 0 Å². The molecule has 0 aliphatic carbocycles. The van der Waals surface area contributed by atoms with E-state index >= 15 is 0 Å². The van der Waals surface area contributed by atoms with Crippen molar-refractivity contribution < 1.29 is 9.59 Å². The zero-order chi connectivity index (χ0) is 21.9. The average Bonchev–Trinajstić information content (AvgIpc) is 3.32. The van der Waals surface area contributed by atoms with Crippen LogP contribution in [-0.4, -0.2) is 45.0 Å². The van der Waals surface area contributed by atoms with E-state index in [-0.39, 0.29) is 17.7 Å². The number of anilines is 1. The summed E-state index contributed by atoms with van der Waals surface area (Å²) in [7, 11) is 0. The average molecular weight is 425 g/mol. The molecule has 1 aliphatic heterocycles. The molecule has 0 saturated carbocycles. The lowest BCUT2D eigenvalue weighted by molar-refractivity contribution is -0.121. The van der Waals surface area contributed by atoms with Crippen molar-refractivity contribution in [1.82, 2.24) is 20.1 Å². The van der Waals surface area contributed by atoms with Gasteiger partial charge in [0.1, 0.15) is 0 Å². The summed E-state index contributed by atoms with van der Waals surface area (Å²) in [6.45, 7) is 1.05. The summed E-state index contributed by atoms with van der Waals surface area (Å²) < 4.78 is 0. The number of carbonyl (C=O) groups is 2. The van der Waals surface area contributed by atoms with Gasteiger partial charge in [0, 0.05) is 42.7 Å². The third-order valence-electron chi connectivity index (χ3n) is 5.92. The largest absolute Gasteiger partial charge is 0.338 e. The predicted octanol–water partition coefficient (Wildman–Crippen LogP) is 4.12. The molecule has 1 atom stereocenters. The van der Waals surface area contributed by atoms with Crippen molar-refractivity contribution in [1.29, 1.82) is 0 Å². The molecule has 1 fully saturated rings. The number of nitrogens with zero attached hydrogens (tertiary/aromatic N) is 3. The highest BCUT2D eigenvalue weighted by Gasteiger charge is 2.30. The summed E-state index contributed by atoms with van der Waals surface area (Å²) in [6, 6.07) is 19.2. The molecular formula is C25H23N5O2. The fourth-order valence-electron chi connectivity index (χ4n) is 4.25. The van der Waals surface area contributed by atoms with Crippen LogP contribution in [-0.2, 0) is 4.79 Å². The van der Waals surface area contributed by atoms with Gasteiger partial charge in [-0.2, -0.15) is 5.10 Å². The minimum atomic E-state index is -0.274. The third kappa shape index (κ3) is 3.97.